The summed E-state index contributed by atoms with van der Waals surface area (Å²) in [5, 5.41) is 2.34. The molecule has 1 amide bonds. The van der Waals surface area contributed by atoms with Gasteiger partial charge in [-0.05, 0) is 24.6 Å². The van der Waals surface area contributed by atoms with Crippen molar-refractivity contribution in [2.45, 2.75) is 25.7 Å². The van der Waals surface area contributed by atoms with Crippen molar-refractivity contribution in [1.29, 1.82) is 0 Å². The van der Waals surface area contributed by atoms with Gasteiger partial charge in [-0.25, -0.2) is 0 Å². The normalized spacial score (nSPS) is 12.9. The minimum atomic E-state index is -4.51. The van der Waals surface area contributed by atoms with Crippen LogP contribution in [0.3, 0.4) is 0 Å². The number of benzene rings is 1. The maximum atomic E-state index is 12.9. The highest BCUT2D eigenvalue weighted by molar-refractivity contribution is 5.80. The van der Waals surface area contributed by atoms with Crippen LogP contribution >= 0.6 is 0 Å². The highest BCUT2D eigenvalue weighted by atomic mass is 19.4. The van der Waals surface area contributed by atoms with Gasteiger partial charge in [0.15, 0.2) is 0 Å². The van der Waals surface area contributed by atoms with Crippen molar-refractivity contribution < 1.29 is 22.7 Å². The van der Waals surface area contributed by atoms with Gasteiger partial charge in [-0.2, -0.15) is 13.2 Å². The van der Waals surface area contributed by atoms with E-state index >= 15 is 0 Å². The molecular formula is C12H15F3N2O2. The monoisotopic (exact) mass is 276 g/mol. The first-order valence-electron chi connectivity index (χ1n) is 5.53. The number of carbonyl (C=O) groups is 1. The Bertz CT molecular complexity index is 459. The van der Waals surface area contributed by atoms with Gasteiger partial charge in [0.25, 0.3) is 0 Å². The molecule has 0 unspecified atom stereocenters. The van der Waals surface area contributed by atoms with E-state index in [0.717, 1.165) is 6.07 Å². The Morgan fingerprint density at radius 3 is 2.58 bits per heavy atom. The molecule has 0 spiro atoms. The summed E-state index contributed by atoms with van der Waals surface area (Å²) in [6, 6.07) is 2.80. The minimum Gasteiger partial charge on any atom is -0.497 e. The molecule has 7 heteroatoms. The van der Waals surface area contributed by atoms with Crippen molar-refractivity contribution in [1.82, 2.24) is 5.32 Å². The van der Waals surface area contributed by atoms with Crippen LogP contribution in [0.25, 0.3) is 0 Å². The predicted octanol–water partition coefficient (Wildman–Crippen LogP) is 1.68. The topological polar surface area (TPSA) is 64.3 Å². The lowest BCUT2D eigenvalue weighted by Gasteiger charge is -2.15. The number of hydrogen-bond acceptors (Lipinski definition) is 3. The third-order valence-corrected chi connectivity index (χ3v) is 2.49. The lowest BCUT2D eigenvalue weighted by Crippen LogP contribution is -2.38. The SMILES string of the molecule is COc1ccc(CNC(=O)[C@H](C)N)c(C(F)(F)F)c1. The van der Waals surface area contributed by atoms with Gasteiger partial charge in [-0.1, -0.05) is 6.07 Å². The number of nitrogens with one attached hydrogen (secondary N) is 1. The number of ether oxygens (including phenoxy) is 1. The quantitative estimate of drug-likeness (QED) is 0.879. The fourth-order valence-electron chi connectivity index (χ4n) is 1.44. The molecule has 4 nitrogen and oxygen atoms in total. The van der Waals surface area contributed by atoms with Gasteiger partial charge in [-0.3, -0.25) is 4.79 Å². The zero-order valence-corrected chi connectivity index (χ0v) is 10.5. The molecule has 106 valence electrons. The van der Waals surface area contributed by atoms with Crippen LogP contribution < -0.4 is 15.8 Å². The molecule has 0 saturated carbocycles. The molecule has 0 aliphatic heterocycles. The van der Waals surface area contributed by atoms with E-state index in [4.69, 9.17) is 10.5 Å². The smallest absolute Gasteiger partial charge is 0.416 e. The van der Waals surface area contributed by atoms with Gasteiger partial charge in [0, 0.05) is 6.54 Å². The van der Waals surface area contributed by atoms with Crippen LogP contribution in [-0.4, -0.2) is 19.1 Å². The third kappa shape index (κ3) is 4.13. The first kappa shape index (κ1) is 15.3. The standard InChI is InChI=1S/C12H15F3N2O2/c1-7(16)11(18)17-6-8-3-4-9(19-2)5-10(8)12(13,14)15/h3-5,7H,6,16H2,1-2H3,(H,17,18)/t7-/m0/s1. The molecular weight excluding hydrogens is 261 g/mol. The van der Waals surface area contributed by atoms with Crippen LogP contribution in [0.15, 0.2) is 18.2 Å². The maximum absolute atomic E-state index is 12.9. The molecule has 0 bridgehead atoms. The fraction of sp³-hybridized carbons (Fsp3) is 0.417. The van der Waals surface area contributed by atoms with Crippen molar-refractivity contribution in [2.75, 3.05) is 7.11 Å². The van der Waals surface area contributed by atoms with E-state index in [1.807, 2.05) is 0 Å². The largest absolute Gasteiger partial charge is 0.497 e. The first-order valence-corrected chi connectivity index (χ1v) is 5.53. The molecule has 0 radical (unpaired) electrons. The number of hydrogen-bond donors (Lipinski definition) is 2. The third-order valence-electron chi connectivity index (χ3n) is 2.49. The molecule has 3 N–H and O–H groups in total. The zero-order chi connectivity index (χ0) is 14.6. The molecule has 0 aliphatic rings. The summed E-state index contributed by atoms with van der Waals surface area (Å²) in [6.07, 6.45) is -4.51. The molecule has 0 saturated heterocycles. The van der Waals surface area contributed by atoms with Gasteiger partial charge in [0.05, 0.1) is 18.7 Å². The van der Waals surface area contributed by atoms with Crippen LogP contribution in [0, 0.1) is 0 Å². The van der Waals surface area contributed by atoms with Crippen LogP contribution in [-0.2, 0) is 17.5 Å². The van der Waals surface area contributed by atoms with Crippen molar-refractivity contribution in [3.63, 3.8) is 0 Å². The second-order valence-corrected chi connectivity index (χ2v) is 4.03. The molecule has 19 heavy (non-hydrogen) atoms. The summed E-state index contributed by atoms with van der Waals surface area (Å²) < 4.78 is 43.3. The molecule has 0 aromatic heterocycles. The molecule has 0 heterocycles. The second-order valence-electron chi connectivity index (χ2n) is 4.03. The Labute approximate surface area is 108 Å². The van der Waals surface area contributed by atoms with E-state index in [2.05, 4.69) is 5.32 Å². The van der Waals surface area contributed by atoms with E-state index in [1.54, 1.807) is 0 Å². The Kier molecular flexibility index (Phi) is 4.77. The fourth-order valence-corrected chi connectivity index (χ4v) is 1.44. The average Bonchev–Trinajstić information content (AvgIpc) is 2.34. The maximum Gasteiger partial charge on any atom is 0.416 e. The van der Waals surface area contributed by atoms with Gasteiger partial charge < -0.3 is 15.8 Å². The van der Waals surface area contributed by atoms with E-state index in [-0.39, 0.29) is 17.9 Å². The Morgan fingerprint density at radius 1 is 1.47 bits per heavy atom. The number of rotatable bonds is 4. The van der Waals surface area contributed by atoms with Crippen molar-refractivity contribution in [3.05, 3.63) is 29.3 Å². The average molecular weight is 276 g/mol. The number of amides is 1. The predicted molar refractivity (Wildman–Crippen MR) is 63.5 cm³/mol. The van der Waals surface area contributed by atoms with Crippen molar-refractivity contribution >= 4 is 5.91 Å². The van der Waals surface area contributed by atoms with Crippen LogP contribution in [0.1, 0.15) is 18.1 Å². The van der Waals surface area contributed by atoms with Crippen molar-refractivity contribution in [2.24, 2.45) is 5.73 Å². The first-order chi connectivity index (χ1) is 8.75. The van der Waals surface area contributed by atoms with Gasteiger partial charge in [0.2, 0.25) is 5.91 Å². The second kappa shape index (κ2) is 5.92. The number of nitrogens with two attached hydrogens (primary N) is 1. The summed E-state index contributed by atoms with van der Waals surface area (Å²) in [7, 11) is 1.28. The van der Waals surface area contributed by atoms with Gasteiger partial charge in [0.1, 0.15) is 5.75 Å². The molecule has 1 aromatic rings. The minimum absolute atomic E-state index is 0.0395. The van der Waals surface area contributed by atoms with Crippen molar-refractivity contribution in [3.8, 4) is 5.75 Å². The van der Waals surface area contributed by atoms with E-state index in [0.29, 0.717) is 0 Å². The van der Waals surface area contributed by atoms with Gasteiger partial charge >= 0.3 is 6.18 Å². The Morgan fingerprint density at radius 2 is 2.11 bits per heavy atom. The summed E-state index contributed by atoms with van der Waals surface area (Å²) in [6.45, 7) is 1.22. The highest BCUT2D eigenvalue weighted by Crippen LogP contribution is 2.34. The Balaban J connectivity index is 2.97. The van der Waals surface area contributed by atoms with E-state index < -0.39 is 23.7 Å². The number of carbonyl (C=O) groups excluding carboxylic acids is 1. The summed E-state index contributed by atoms with van der Waals surface area (Å²) >= 11 is 0. The van der Waals surface area contributed by atoms with E-state index in [9.17, 15) is 18.0 Å². The van der Waals surface area contributed by atoms with Crippen LogP contribution in [0.5, 0.6) is 5.75 Å². The van der Waals surface area contributed by atoms with Crippen LogP contribution in [0.4, 0.5) is 13.2 Å². The van der Waals surface area contributed by atoms with Gasteiger partial charge in [-0.15, -0.1) is 0 Å². The molecule has 1 rings (SSSR count). The summed E-state index contributed by atoms with van der Waals surface area (Å²) in [4.78, 5) is 11.3. The summed E-state index contributed by atoms with van der Waals surface area (Å²) in [5.74, 6) is -0.404. The molecule has 0 fully saturated rings. The molecule has 1 aromatic carbocycles. The summed E-state index contributed by atoms with van der Waals surface area (Å²) in [5.41, 5.74) is 4.44. The zero-order valence-electron chi connectivity index (χ0n) is 10.5. The number of methoxy groups -OCH3 is 1. The van der Waals surface area contributed by atoms with Crippen LogP contribution in [0.2, 0.25) is 0 Å². The highest BCUT2D eigenvalue weighted by Gasteiger charge is 2.33. The molecule has 0 aliphatic carbocycles. The lowest BCUT2D eigenvalue weighted by atomic mass is 10.1. The number of alkyl halides is 3. The Hall–Kier alpha value is -1.76. The molecule has 1 atom stereocenters. The number of halogens is 3. The lowest BCUT2D eigenvalue weighted by molar-refractivity contribution is -0.138. The van der Waals surface area contributed by atoms with E-state index in [1.165, 1.54) is 26.2 Å².